The molecule has 2 unspecified atom stereocenters. The lowest BCUT2D eigenvalue weighted by molar-refractivity contribution is -0.132. The molecule has 0 radical (unpaired) electrons. The molecule has 2 heterocycles. The Morgan fingerprint density at radius 3 is 2.50 bits per heavy atom. The fourth-order valence-electron chi connectivity index (χ4n) is 4.92. The smallest absolute Gasteiger partial charge is 0.247 e. The van der Waals surface area contributed by atoms with Gasteiger partial charge in [-0.2, -0.15) is 5.10 Å². The van der Waals surface area contributed by atoms with Crippen molar-refractivity contribution in [2.45, 2.75) is 65.2 Å². The van der Waals surface area contributed by atoms with Gasteiger partial charge in [0.15, 0.2) is 0 Å². The van der Waals surface area contributed by atoms with Crippen LogP contribution in [-0.4, -0.2) is 39.6 Å². The molecule has 130 valence electrons. The first kappa shape index (κ1) is 15.9. The molecule has 24 heavy (non-hydrogen) atoms. The summed E-state index contributed by atoms with van der Waals surface area (Å²) in [4.78, 5) is 26.8. The van der Waals surface area contributed by atoms with Gasteiger partial charge in [0.05, 0.1) is 11.4 Å². The molecule has 0 spiro atoms. The largest absolute Gasteiger partial charge is 0.343 e. The Morgan fingerprint density at radius 1 is 1.12 bits per heavy atom. The number of amides is 1. The van der Waals surface area contributed by atoms with Crippen LogP contribution in [0.5, 0.6) is 0 Å². The summed E-state index contributed by atoms with van der Waals surface area (Å²) in [6.07, 6.45) is 4.92. The van der Waals surface area contributed by atoms with Gasteiger partial charge in [-0.3, -0.25) is 9.59 Å². The second kappa shape index (κ2) is 5.43. The van der Waals surface area contributed by atoms with Gasteiger partial charge in [-0.15, -0.1) is 0 Å². The van der Waals surface area contributed by atoms with E-state index in [1.54, 1.807) is 4.68 Å². The average molecular weight is 329 g/mol. The van der Waals surface area contributed by atoms with E-state index in [0.717, 1.165) is 43.7 Å². The third kappa shape index (κ3) is 2.32. The zero-order valence-electron chi connectivity index (χ0n) is 15.0. The Kier molecular flexibility index (Phi) is 3.59. The number of hydrogen-bond acceptors (Lipinski definition) is 3. The molecule has 0 bridgehead atoms. The minimum Gasteiger partial charge on any atom is -0.343 e. The van der Waals surface area contributed by atoms with Crippen molar-refractivity contribution in [2.24, 2.45) is 11.3 Å². The molecule has 5 heteroatoms. The average Bonchev–Trinajstić information content (AvgIpc) is 2.92. The quantitative estimate of drug-likeness (QED) is 0.857. The number of carbonyl (C=O) groups excluding carboxylic acids is 2. The fourth-order valence-corrected chi connectivity index (χ4v) is 4.92. The molecular formula is C19H27N3O2. The lowest BCUT2D eigenvalue weighted by Crippen LogP contribution is -2.36. The Balaban J connectivity index is 1.42. The Labute approximate surface area is 143 Å². The molecule has 1 aliphatic heterocycles. The second-order valence-corrected chi connectivity index (χ2v) is 8.30. The lowest BCUT2D eigenvalue weighted by Gasteiger charge is -2.26. The van der Waals surface area contributed by atoms with Gasteiger partial charge in [0.2, 0.25) is 11.8 Å². The minimum absolute atomic E-state index is 0.0242. The maximum Gasteiger partial charge on any atom is 0.247 e. The topological polar surface area (TPSA) is 55.2 Å². The molecule has 1 saturated heterocycles. The van der Waals surface area contributed by atoms with Crippen LogP contribution >= 0.6 is 0 Å². The molecule has 5 nitrogen and oxygen atoms in total. The maximum atomic E-state index is 12.6. The van der Waals surface area contributed by atoms with E-state index in [1.165, 1.54) is 12.0 Å². The molecule has 0 aromatic carbocycles. The highest BCUT2D eigenvalue weighted by Gasteiger charge is 2.64. The van der Waals surface area contributed by atoms with Gasteiger partial charge in [-0.25, -0.2) is 4.68 Å². The summed E-state index contributed by atoms with van der Waals surface area (Å²) >= 11 is 0. The minimum atomic E-state index is -0.0242. The molecule has 1 aromatic rings. The lowest BCUT2D eigenvalue weighted by atomic mass is 9.98. The molecule has 3 aliphatic rings. The molecule has 1 aromatic heterocycles. The van der Waals surface area contributed by atoms with Crippen LogP contribution in [0.15, 0.2) is 0 Å². The van der Waals surface area contributed by atoms with Crippen molar-refractivity contribution in [1.29, 1.82) is 0 Å². The first-order valence-corrected chi connectivity index (χ1v) is 9.30. The van der Waals surface area contributed by atoms with E-state index in [0.29, 0.717) is 23.7 Å². The summed E-state index contributed by atoms with van der Waals surface area (Å²) in [5.41, 5.74) is 3.77. The number of fused-ring (bicyclic) bond motifs is 3. The van der Waals surface area contributed by atoms with E-state index in [2.05, 4.69) is 18.9 Å². The van der Waals surface area contributed by atoms with Gasteiger partial charge in [-0.05, 0) is 49.9 Å². The number of hydrogen-bond donors (Lipinski definition) is 0. The number of nitrogens with zero attached hydrogens (tertiary/aromatic N) is 3. The normalized spacial score (nSPS) is 26.9. The van der Waals surface area contributed by atoms with Crippen LogP contribution < -0.4 is 0 Å². The van der Waals surface area contributed by atoms with Crippen molar-refractivity contribution >= 4 is 11.8 Å². The Hall–Kier alpha value is -1.65. The molecule has 2 fully saturated rings. The van der Waals surface area contributed by atoms with Crippen LogP contribution in [0, 0.1) is 18.3 Å². The molecular weight excluding hydrogens is 302 g/mol. The Morgan fingerprint density at radius 2 is 1.79 bits per heavy atom. The zero-order chi connectivity index (χ0) is 17.1. The number of aryl methyl sites for hydroxylation is 1. The highest BCUT2D eigenvalue weighted by atomic mass is 16.2. The van der Waals surface area contributed by atoms with E-state index < -0.39 is 0 Å². The number of rotatable bonds is 3. The van der Waals surface area contributed by atoms with Crippen molar-refractivity contribution in [1.82, 2.24) is 14.7 Å². The summed E-state index contributed by atoms with van der Waals surface area (Å²) in [6, 6.07) is 0. The molecule has 1 saturated carbocycles. The van der Waals surface area contributed by atoms with Gasteiger partial charge in [0.25, 0.3) is 0 Å². The van der Waals surface area contributed by atoms with Gasteiger partial charge >= 0.3 is 0 Å². The number of likely N-dealkylation sites (tertiary alicyclic amines) is 1. The van der Waals surface area contributed by atoms with E-state index in [9.17, 15) is 9.59 Å². The summed E-state index contributed by atoms with van der Waals surface area (Å²) in [5, 5.41) is 4.51. The summed E-state index contributed by atoms with van der Waals surface area (Å²) in [7, 11) is 0. The van der Waals surface area contributed by atoms with Crippen LogP contribution in [-0.2, 0) is 11.2 Å². The fraction of sp³-hybridized carbons (Fsp3) is 0.737. The Bertz CT molecular complexity index is 698. The van der Waals surface area contributed by atoms with E-state index in [1.807, 2.05) is 11.8 Å². The summed E-state index contributed by atoms with van der Waals surface area (Å²) in [6.45, 7) is 8.32. The van der Waals surface area contributed by atoms with Crippen LogP contribution in [0.3, 0.4) is 0 Å². The van der Waals surface area contributed by atoms with Crippen LogP contribution in [0.25, 0.3) is 0 Å². The third-order valence-electron chi connectivity index (χ3n) is 6.48. The third-order valence-corrected chi connectivity index (χ3v) is 6.48. The second-order valence-electron chi connectivity index (χ2n) is 8.30. The van der Waals surface area contributed by atoms with E-state index in [4.69, 9.17) is 0 Å². The van der Waals surface area contributed by atoms with E-state index in [-0.39, 0.29) is 18.2 Å². The van der Waals surface area contributed by atoms with Crippen LogP contribution in [0.2, 0.25) is 0 Å². The molecule has 4 rings (SSSR count). The van der Waals surface area contributed by atoms with E-state index >= 15 is 0 Å². The molecule has 2 aliphatic carbocycles. The van der Waals surface area contributed by atoms with Gasteiger partial charge in [0, 0.05) is 31.5 Å². The molecule has 0 N–H and O–H groups in total. The highest BCUT2D eigenvalue weighted by Crippen LogP contribution is 2.70. The van der Waals surface area contributed by atoms with Crippen molar-refractivity contribution in [3.63, 3.8) is 0 Å². The zero-order valence-corrected chi connectivity index (χ0v) is 15.0. The predicted octanol–water partition coefficient (Wildman–Crippen LogP) is 2.92. The predicted molar refractivity (Wildman–Crippen MR) is 91.0 cm³/mol. The first-order valence-electron chi connectivity index (χ1n) is 9.30. The number of aromatic nitrogens is 2. The maximum absolute atomic E-state index is 12.6. The number of piperidine rings is 1. The highest BCUT2D eigenvalue weighted by molar-refractivity contribution is 5.85. The monoisotopic (exact) mass is 329 g/mol. The molecule has 2 atom stereocenters. The molecule has 1 amide bonds. The number of carbonyl (C=O) groups is 2. The van der Waals surface area contributed by atoms with Gasteiger partial charge in [0.1, 0.15) is 0 Å². The van der Waals surface area contributed by atoms with Crippen molar-refractivity contribution in [3.8, 4) is 0 Å². The van der Waals surface area contributed by atoms with Crippen molar-refractivity contribution in [2.75, 3.05) is 13.1 Å². The van der Waals surface area contributed by atoms with Crippen molar-refractivity contribution in [3.05, 3.63) is 17.0 Å². The standard InChI is InChI=1S/C19H27N3O2/c1-12-17-14(11-13-18(17)19(13,2)3)22(20-12)16(24)8-7-15(23)21-9-5-4-6-10-21/h13,18H,4-11H2,1-3H3. The first-order chi connectivity index (χ1) is 11.4. The SMILES string of the molecule is Cc1nn(C(=O)CCC(=O)N2CCCCC2)c2c1C1C(C2)C1(C)C. The van der Waals surface area contributed by atoms with Gasteiger partial charge in [-0.1, -0.05) is 13.8 Å². The van der Waals surface area contributed by atoms with Crippen molar-refractivity contribution < 1.29 is 9.59 Å². The summed E-state index contributed by atoms with van der Waals surface area (Å²) < 4.78 is 1.61. The van der Waals surface area contributed by atoms with Crippen LogP contribution in [0.4, 0.5) is 0 Å². The van der Waals surface area contributed by atoms with Crippen LogP contribution in [0.1, 0.15) is 73.6 Å². The van der Waals surface area contributed by atoms with Gasteiger partial charge < -0.3 is 4.90 Å². The summed E-state index contributed by atoms with van der Waals surface area (Å²) in [5.74, 6) is 1.33.